The average Bonchev–Trinajstić information content (AvgIpc) is 2.45. The van der Waals surface area contributed by atoms with Gasteiger partial charge in [-0.3, -0.25) is 11.3 Å². The van der Waals surface area contributed by atoms with Crippen molar-refractivity contribution in [1.29, 1.82) is 0 Å². The van der Waals surface area contributed by atoms with Crippen molar-refractivity contribution in [3.05, 3.63) is 71.0 Å². The van der Waals surface area contributed by atoms with Crippen molar-refractivity contribution in [2.75, 3.05) is 0 Å². The maximum atomic E-state index is 13.2. The van der Waals surface area contributed by atoms with Crippen LogP contribution in [0.15, 0.2) is 48.5 Å². The summed E-state index contributed by atoms with van der Waals surface area (Å²) < 4.78 is 13.2. The van der Waals surface area contributed by atoms with E-state index in [1.807, 2.05) is 6.07 Å². The lowest BCUT2D eigenvalue weighted by Gasteiger charge is -2.17. The second kappa shape index (κ2) is 6.64. The van der Waals surface area contributed by atoms with Gasteiger partial charge in [0.05, 0.1) is 0 Å². The molecule has 3 N–H and O–H groups in total. The third-order valence-electron chi connectivity index (χ3n) is 3.54. The first-order chi connectivity index (χ1) is 9.60. The predicted octanol–water partition coefficient (Wildman–Crippen LogP) is 3.70. The Balaban J connectivity index is 2.15. The highest BCUT2D eigenvalue weighted by Crippen LogP contribution is 2.21. The van der Waals surface area contributed by atoms with Gasteiger partial charge in [0.2, 0.25) is 0 Å². The zero-order chi connectivity index (χ0) is 14.5. The Morgan fingerprint density at radius 2 is 1.70 bits per heavy atom. The molecule has 0 aromatic heterocycles. The lowest BCUT2D eigenvalue weighted by Crippen LogP contribution is -2.29. The number of hydrogen-bond acceptors (Lipinski definition) is 2. The van der Waals surface area contributed by atoms with Gasteiger partial charge in [-0.05, 0) is 41.2 Å². The fourth-order valence-corrected chi connectivity index (χ4v) is 2.29. The molecule has 2 nitrogen and oxygen atoms in total. The van der Waals surface area contributed by atoms with Crippen LogP contribution >= 0.6 is 0 Å². The molecule has 0 amide bonds. The van der Waals surface area contributed by atoms with Crippen LogP contribution in [0.2, 0.25) is 0 Å². The van der Waals surface area contributed by atoms with E-state index in [0.717, 1.165) is 11.1 Å². The highest BCUT2D eigenvalue weighted by Gasteiger charge is 2.11. The zero-order valence-electron chi connectivity index (χ0n) is 11.9. The van der Waals surface area contributed by atoms with Crippen molar-refractivity contribution in [3.63, 3.8) is 0 Å². The monoisotopic (exact) mass is 272 g/mol. The van der Waals surface area contributed by atoms with Gasteiger partial charge in [0.15, 0.2) is 0 Å². The number of hydrazine groups is 1. The Bertz CT molecular complexity index is 549. The van der Waals surface area contributed by atoms with Crippen molar-refractivity contribution in [3.8, 4) is 0 Å². The highest BCUT2D eigenvalue weighted by atomic mass is 19.1. The maximum Gasteiger partial charge on any atom is 0.123 e. The second-order valence-corrected chi connectivity index (χ2v) is 5.37. The van der Waals surface area contributed by atoms with Gasteiger partial charge < -0.3 is 0 Å². The quantitative estimate of drug-likeness (QED) is 0.643. The van der Waals surface area contributed by atoms with E-state index >= 15 is 0 Å². The van der Waals surface area contributed by atoms with E-state index in [0.29, 0.717) is 12.3 Å². The SMILES string of the molecule is CC(C)c1ccc(C(Cc2cccc(F)c2)NN)cc1. The molecule has 1 unspecified atom stereocenters. The van der Waals surface area contributed by atoms with Crippen LogP contribution in [0, 0.1) is 5.82 Å². The Labute approximate surface area is 119 Å². The van der Waals surface area contributed by atoms with Gasteiger partial charge in [0, 0.05) is 6.04 Å². The molecule has 20 heavy (non-hydrogen) atoms. The summed E-state index contributed by atoms with van der Waals surface area (Å²) in [4.78, 5) is 0. The molecule has 106 valence electrons. The zero-order valence-corrected chi connectivity index (χ0v) is 11.9. The predicted molar refractivity (Wildman–Crippen MR) is 80.7 cm³/mol. The average molecular weight is 272 g/mol. The Morgan fingerprint density at radius 1 is 1.05 bits per heavy atom. The standard InChI is InChI=1S/C17H21FN2/c1-12(2)14-6-8-15(9-7-14)17(20-19)11-13-4-3-5-16(18)10-13/h3-10,12,17,20H,11,19H2,1-2H3. The van der Waals surface area contributed by atoms with Crippen molar-refractivity contribution in [2.45, 2.75) is 32.2 Å². The van der Waals surface area contributed by atoms with Crippen LogP contribution < -0.4 is 11.3 Å². The largest absolute Gasteiger partial charge is 0.271 e. The number of halogens is 1. The molecular formula is C17H21FN2. The number of rotatable bonds is 5. The first-order valence-corrected chi connectivity index (χ1v) is 6.90. The van der Waals surface area contributed by atoms with Crippen LogP contribution in [0.25, 0.3) is 0 Å². The van der Waals surface area contributed by atoms with Crippen molar-refractivity contribution in [1.82, 2.24) is 5.43 Å². The minimum absolute atomic E-state index is 0.0157. The molecule has 0 aliphatic rings. The van der Waals surface area contributed by atoms with E-state index in [2.05, 4.69) is 43.5 Å². The minimum atomic E-state index is -0.214. The normalized spacial score (nSPS) is 12.7. The van der Waals surface area contributed by atoms with Gasteiger partial charge in [-0.2, -0.15) is 0 Å². The third-order valence-corrected chi connectivity index (χ3v) is 3.54. The summed E-state index contributed by atoms with van der Waals surface area (Å²) in [6, 6.07) is 15.0. The minimum Gasteiger partial charge on any atom is -0.271 e. The summed E-state index contributed by atoms with van der Waals surface area (Å²) in [6.45, 7) is 4.33. The molecule has 0 heterocycles. The summed E-state index contributed by atoms with van der Waals surface area (Å²) in [5.41, 5.74) is 6.16. The molecule has 0 saturated heterocycles. The van der Waals surface area contributed by atoms with Gasteiger partial charge in [0.25, 0.3) is 0 Å². The van der Waals surface area contributed by atoms with Crippen LogP contribution in [-0.4, -0.2) is 0 Å². The molecule has 0 saturated carbocycles. The van der Waals surface area contributed by atoms with E-state index in [4.69, 9.17) is 5.84 Å². The summed E-state index contributed by atoms with van der Waals surface area (Å²) in [5, 5.41) is 0. The maximum absolute atomic E-state index is 13.2. The van der Waals surface area contributed by atoms with Crippen LogP contribution in [-0.2, 0) is 6.42 Å². The number of nitrogens with one attached hydrogen (secondary N) is 1. The number of hydrogen-bond donors (Lipinski definition) is 2. The van der Waals surface area contributed by atoms with Gasteiger partial charge in [-0.15, -0.1) is 0 Å². The number of benzene rings is 2. The van der Waals surface area contributed by atoms with E-state index in [9.17, 15) is 4.39 Å². The molecule has 2 aromatic rings. The Kier molecular flexibility index (Phi) is 4.88. The van der Waals surface area contributed by atoms with Crippen LogP contribution in [0.3, 0.4) is 0 Å². The molecule has 1 atom stereocenters. The third kappa shape index (κ3) is 3.65. The van der Waals surface area contributed by atoms with Crippen molar-refractivity contribution >= 4 is 0 Å². The second-order valence-electron chi connectivity index (χ2n) is 5.37. The lowest BCUT2D eigenvalue weighted by molar-refractivity contribution is 0.548. The topological polar surface area (TPSA) is 38.0 Å². The smallest absolute Gasteiger partial charge is 0.123 e. The summed E-state index contributed by atoms with van der Waals surface area (Å²) >= 11 is 0. The van der Waals surface area contributed by atoms with Crippen molar-refractivity contribution in [2.24, 2.45) is 5.84 Å². The van der Waals surface area contributed by atoms with E-state index in [1.165, 1.54) is 11.6 Å². The number of nitrogens with two attached hydrogens (primary N) is 1. The van der Waals surface area contributed by atoms with Crippen molar-refractivity contribution < 1.29 is 4.39 Å². The van der Waals surface area contributed by atoms with Crippen LogP contribution in [0.5, 0.6) is 0 Å². The lowest BCUT2D eigenvalue weighted by atomic mass is 9.96. The molecule has 0 fully saturated rings. The molecule has 0 bridgehead atoms. The van der Waals surface area contributed by atoms with E-state index in [-0.39, 0.29) is 11.9 Å². The van der Waals surface area contributed by atoms with E-state index in [1.54, 1.807) is 12.1 Å². The summed E-state index contributed by atoms with van der Waals surface area (Å²) in [7, 11) is 0. The molecule has 0 radical (unpaired) electrons. The van der Waals surface area contributed by atoms with Crippen LogP contribution in [0.1, 0.15) is 42.5 Å². The molecule has 0 aliphatic carbocycles. The first kappa shape index (κ1) is 14.7. The summed E-state index contributed by atoms with van der Waals surface area (Å²) in [5.74, 6) is 5.94. The molecular weight excluding hydrogens is 251 g/mol. The van der Waals surface area contributed by atoms with Gasteiger partial charge in [0.1, 0.15) is 5.82 Å². The summed E-state index contributed by atoms with van der Waals surface area (Å²) in [6.07, 6.45) is 0.662. The Morgan fingerprint density at radius 3 is 2.25 bits per heavy atom. The van der Waals surface area contributed by atoms with Gasteiger partial charge in [-0.1, -0.05) is 50.2 Å². The van der Waals surface area contributed by atoms with Crippen LogP contribution in [0.4, 0.5) is 4.39 Å². The first-order valence-electron chi connectivity index (χ1n) is 6.90. The molecule has 3 heteroatoms. The molecule has 0 spiro atoms. The van der Waals surface area contributed by atoms with Gasteiger partial charge >= 0.3 is 0 Å². The molecule has 2 rings (SSSR count). The fourth-order valence-electron chi connectivity index (χ4n) is 2.29. The molecule has 2 aromatic carbocycles. The molecule has 0 aliphatic heterocycles. The Hall–Kier alpha value is -1.71. The van der Waals surface area contributed by atoms with E-state index < -0.39 is 0 Å². The fraction of sp³-hybridized carbons (Fsp3) is 0.294. The highest BCUT2D eigenvalue weighted by molar-refractivity contribution is 5.28. The van der Waals surface area contributed by atoms with Gasteiger partial charge in [-0.25, -0.2) is 4.39 Å².